The maximum Gasteiger partial charge on any atom is 0.254 e. The van der Waals surface area contributed by atoms with E-state index in [4.69, 9.17) is 32.9 Å². The van der Waals surface area contributed by atoms with Crippen LogP contribution in [0.25, 0.3) is 0 Å². The topological polar surface area (TPSA) is 116 Å². The molecule has 1 fully saturated rings. The van der Waals surface area contributed by atoms with Gasteiger partial charge in [0.15, 0.2) is 0 Å². The lowest BCUT2D eigenvalue weighted by Crippen LogP contribution is -2.37. The van der Waals surface area contributed by atoms with E-state index < -0.39 is 5.91 Å². The van der Waals surface area contributed by atoms with Crippen LogP contribution in [0.2, 0.25) is 5.02 Å². The molecule has 2 aromatic rings. The number of carbonyl (C=O) groups excluding carboxylic acids is 2. The summed E-state index contributed by atoms with van der Waals surface area (Å²) >= 11 is 6.35. The Bertz CT molecular complexity index is 1070. The molecule has 1 aliphatic carbocycles. The third-order valence-corrected chi connectivity index (χ3v) is 6.98. The zero-order valence-corrected chi connectivity index (χ0v) is 18.8. The van der Waals surface area contributed by atoms with Gasteiger partial charge in [-0.1, -0.05) is 30.3 Å². The summed E-state index contributed by atoms with van der Waals surface area (Å²) in [5.74, 6) is -0.526. The molecule has 8 nitrogen and oxygen atoms in total. The van der Waals surface area contributed by atoms with E-state index in [0.29, 0.717) is 31.6 Å². The molecule has 3 atom stereocenters. The van der Waals surface area contributed by atoms with Gasteiger partial charge in [-0.3, -0.25) is 9.59 Å². The van der Waals surface area contributed by atoms with Gasteiger partial charge in [0, 0.05) is 24.6 Å². The monoisotopic (exact) mass is 457 g/mol. The summed E-state index contributed by atoms with van der Waals surface area (Å²) in [4.78, 5) is 26.4. The highest BCUT2D eigenvalue weighted by molar-refractivity contribution is 6.31. The maximum absolute atomic E-state index is 12.3. The summed E-state index contributed by atoms with van der Waals surface area (Å²) in [6, 6.07) is 5.71. The molecule has 4 N–H and O–H groups in total. The number of likely N-dealkylation sites (tertiary alicyclic amines) is 1. The van der Waals surface area contributed by atoms with Gasteiger partial charge in [-0.05, 0) is 49.0 Å². The molecule has 1 saturated heterocycles. The number of halogens is 1. The smallest absolute Gasteiger partial charge is 0.254 e. The van der Waals surface area contributed by atoms with Crippen molar-refractivity contribution in [3.8, 4) is 0 Å². The number of ether oxygens (including phenoxy) is 1. The van der Waals surface area contributed by atoms with Crippen molar-refractivity contribution in [3.63, 3.8) is 0 Å². The van der Waals surface area contributed by atoms with E-state index in [2.05, 4.69) is 12.6 Å². The van der Waals surface area contributed by atoms with Gasteiger partial charge >= 0.3 is 0 Å². The van der Waals surface area contributed by atoms with Gasteiger partial charge in [-0.25, -0.2) is 4.68 Å². The van der Waals surface area contributed by atoms with Crippen LogP contribution in [0.1, 0.15) is 45.9 Å². The number of hydrogen-bond donors (Lipinski definition) is 2. The molecule has 1 aliphatic heterocycles. The van der Waals surface area contributed by atoms with Crippen molar-refractivity contribution in [2.45, 2.75) is 50.3 Å². The molecule has 1 unspecified atom stereocenters. The fraction of sp³-hybridized carbons (Fsp3) is 0.435. The van der Waals surface area contributed by atoms with Crippen LogP contribution in [0.5, 0.6) is 0 Å². The fourth-order valence-electron chi connectivity index (χ4n) is 4.97. The molecule has 0 spiro atoms. The molecular weight excluding hydrogens is 430 g/mol. The number of carbonyl (C=O) groups is 2. The van der Waals surface area contributed by atoms with Crippen molar-refractivity contribution in [2.24, 2.45) is 5.73 Å². The Morgan fingerprint density at radius 2 is 2.19 bits per heavy atom. The number of nitrogens with zero attached hydrogens (tertiary/aromatic N) is 3. The zero-order valence-electron chi connectivity index (χ0n) is 18.1. The van der Waals surface area contributed by atoms with E-state index in [1.54, 1.807) is 16.7 Å². The molecule has 2 amide bonds. The van der Waals surface area contributed by atoms with Gasteiger partial charge in [0.05, 0.1) is 24.4 Å². The van der Waals surface area contributed by atoms with E-state index in [1.807, 2.05) is 12.1 Å². The second-order valence-corrected chi connectivity index (χ2v) is 8.86. The highest BCUT2D eigenvalue weighted by Crippen LogP contribution is 2.37. The van der Waals surface area contributed by atoms with Crippen LogP contribution in [0.3, 0.4) is 0 Å². The molecule has 9 heteroatoms. The van der Waals surface area contributed by atoms with E-state index in [-0.39, 0.29) is 35.4 Å². The van der Waals surface area contributed by atoms with E-state index >= 15 is 0 Å². The summed E-state index contributed by atoms with van der Waals surface area (Å²) < 4.78 is 7.07. The molecule has 1 aromatic carbocycles. The number of rotatable bonds is 6. The van der Waals surface area contributed by atoms with E-state index in [0.717, 1.165) is 29.0 Å². The van der Waals surface area contributed by atoms with Crippen molar-refractivity contribution in [1.29, 1.82) is 0 Å². The van der Waals surface area contributed by atoms with Crippen LogP contribution in [0.4, 0.5) is 5.82 Å². The first-order valence-corrected chi connectivity index (χ1v) is 11.1. The lowest BCUT2D eigenvalue weighted by Gasteiger charge is -2.25. The summed E-state index contributed by atoms with van der Waals surface area (Å²) in [5, 5.41) is 5.50. The molecular formula is C23H28ClN5O3. The molecule has 4 rings (SSSR count). The van der Waals surface area contributed by atoms with E-state index in [1.165, 1.54) is 6.08 Å². The van der Waals surface area contributed by atoms with Crippen molar-refractivity contribution < 1.29 is 14.3 Å². The third-order valence-electron chi connectivity index (χ3n) is 6.63. The minimum atomic E-state index is -0.596. The standard InChI is InChI=1S/C23H28ClN5O3/c1-3-19(30)28-12-16(32-2)10-15(28)11-29-22(25)20(23(26)31)21(27-29)14-7-8-17-13(9-14)5-4-6-18(17)24/h3-6,14-16H,1,7-12,25H2,2H3,(H2,26,31)/t14?,15-,16+/m0/s1. The average molecular weight is 458 g/mol. The number of nitrogen functional groups attached to an aromatic ring is 1. The van der Waals surface area contributed by atoms with Gasteiger partial charge in [-0.15, -0.1) is 0 Å². The Balaban J connectivity index is 1.64. The Hall–Kier alpha value is -2.84. The zero-order chi connectivity index (χ0) is 23.0. The Morgan fingerprint density at radius 3 is 2.88 bits per heavy atom. The van der Waals surface area contributed by atoms with Crippen LogP contribution in [0, 0.1) is 0 Å². The van der Waals surface area contributed by atoms with Crippen LogP contribution in [-0.4, -0.2) is 52.3 Å². The minimum absolute atomic E-state index is 0.00762. The summed E-state index contributed by atoms with van der Waals surface area (Å²) in [6.45, 7) is 4.42. The second kappa shape index (κ2) is 8.96. The number of aromatic nitrogens is 2. The number of primary amides is 1. The summed E-state index contributed by atoms with van der Waals surface area (Å²) in [5.41, 5.74) is 15.2. The number of nitrogens with two attached hydrogens (primary N) is 2. The highest BCUT2D eigenvalue weighted by atomic mass is 35.5. The first-order chi connectivity index (χ1) is 15.3. The molecule has 1 aromatic heterocycles. The van der Waals surface area contributed by atoms with Crippen molar-refractivity contribution >= 4 is 29.2 Å². The largest absolute Gasteiger partial charge is 0.383 e. The first kappa shape index (κ1) is 22.4. The minimum Gasteiger partial charge on any atom is -0.383 e. The van der Waals surface area contributed by atoms with Crippen LogP contribution in [-0.2, 0) is 28.9 Å². The van der Waals surface area contributed by atoms with Crippen molar-refractivity contribution in [3.05, 3.63) is 58.3 Å². The van der Waals surface area contributed by atoms with Crippen LogP contribution >= 0.6 is 11.6 Å². The number of anilines is 1. The normalized spacial score (nSPS) is 22.6. The van der Waals surface area contributed by atoms with Crippen molar-refractivity contribution in [1.82, 2.24) is 14.7 Å². The van der Waals surface area contributed by atoms with Gasteiger partial charge < -0.3 is 21.1 Å². The van der Waals surface area contributed by atoms with Crippen LogP contribution < -0.4 is 11.5 Å². The summed E-state index contributed by atoms with van der Waals surface area (Å²) in [6.07, 6.45) is 4.17. The van der Waals surface area contributed by atoms with Gasteiger partial charge in [0.1, 0.15) is 11.4 Å². The van der Waals surface area contributed by atoms with Gasteiger partial charge in [-0.2, -0.15) is 5.10 Å². The molecule has 0 radical (unpaired) electrons. The Labute approximate surface area is 192 Å². The lowest BCUT2D eigenvalue weighted by molar-refractivity contribution is -0.127. The molecule has 32 heavy (non-hydrogen) atoms. The Kier molecular flexibility index (Phi) is 6.26. The molecule has 2 aliphatic rings. The molecule has 2 heterocycles. The van der Waals surface area contributed by atoms with Gasteiger partial charge in [0.25, 0.3) is 5.91 Å². The second-order valence-electron chi connectivity index (χ2n) is 8.45. The Morgan fingerprint density at radius 1 is 1.41 bits per heavy atom. The summed E-state index contributed by atoms with van der Waals surface area (Å²) in [7, 11) is 1.63. The number of methoxy groups -OCH3 is 1. The van der Waals surface area contributed by atoms with Crippen LogP contribution in [0.15, 0.2) is 30.9 Å². The quantitative estimate of drug-likeness (QED) is 0.645. The maximum atomic E-state index is 12.3. The fourth-order valence-corrected chi connectivity index (χ4v) is 5.26. The lowest BCUT2D eigenvalue weighted by atomic mass is 9.81. The number of fused-ring (bicyclic) bond motifs is 1. The average Bonchev–Trinajstić information content (AvgIpc) is 3.34. The van der Waals surface area contributed by atoms with Gasteiger partial charge in [0.2, 0.25) is 5.91 Å². The predicted octanol–water partition coefficient (Wildman–Crippen LogP) is 2.29. The van der Waals surface area contributed by atoms with E-state index in [9.17, 15) is 9.59 Å². The molecule has 170 valence electrons. The number of benzene rings is 1. The first-order valence-electron chi connectivity index (χ1n) is 10.7. The SMILES string of the molecule is C=CC(=O)N1C[C@H](OC)C[C@H]1Cn1nc(C2CCc3c(Cl)cccc3C2)c(C(N)=O)c1N. The number of amides is 2. The van der Waals surface area contributed by atoms with Crippen molar-refractivity contribution in [2.75, 3.05) is 19.4 Å². The molecule has 0 bridgehead atoms. The predicted molar refractivity (Wildman–Crippen MR) is 122 cm³/mol. The molecule has 0 saturated carbocycles. The highest BCUT2D eigenvalue weighted by Gasteiger charge is 2.36. The number of hydrogen-bond acceptors (Lipinski definition) is 5. The third kappa shape index (κ3) is 4.00.